The highest BCUT2D eigenvalue weighted by Gasteiger charge is 2.19. The van der Waals surface area contributed by atoms with Gasteiger partial charge >= 0.3 is 0 Å². The quantitative estimate of drug-likeness (QED) is 0.679. The first-order chi connectivity index (χ1) is 6.52. The number of hydrogen-bond donors (Lipinski definition) is 0. The summed E-state index contributed by atoms with van der Waals surface area (Å²) in [5, 5.41) is 0. The molecule has 0 nitrogen and oxygen atoms in total. The van der Waals surface area contributed by atoms with Crippen LogP contribution in [0.2, 0.25) is 0 Å². The molecule has 0 aromatic heterocycles. The zero-order chi connectivity index (χ0) is 10.7. The third-order valence-corrected chi connectivity index (χ3v) is 2.42. The Morgan fingerprint density at radius 1 is 0.929 bits per heavy atom. The lowest BCUT2D eigenvalue weighted by Gasteiger charge is -2.24. The van der Waals surface area contributed by atoms with Crippen molar-refractivity contribution >= 4 is 0 Å². The molecule has 0 N–H and O–H groups in total. The molecule has 0 amide bonds. The van der Waals surface area contributed by atoms with E-state index >= 15 is 0 Å². The Kier molecular flexibility index (Phi) is 3.68. The first-order valence-electron chi connectivity index (χ1n) is 5.15. The lowest BCUT2D eigenvalue weighted by Crippen LogP contribution is -2.14. The third-order valence-electron chi connectivity index (χ3n) is 2.42. The zero-order valence-corrected chi connectivity index (χ0v) is 9.34. The second kappa shape index (κ2) is 4.59. The summed E-state index contributed by atoms with van der Waals surface area (Å²) < 4.78 is 12.7. The van der Waals surface area contributed by atoms with Crippen molar-refractivity contribution in [1.82, 2.24) is 0 Å². The van der Waals surface area contributed by atoms with Crippen LogP contribution in [0.5, 0.6) is 0 Å². The molecule has 1 rings (SSSR count). The van der Waals surface area contributed by atoms with Crippen molar-refractivity contribution in [3.05, 3.63) is 41.6 Å². The molecule has 0 aliphatic heterocycles. The largest absolute Gasteiger partial charge is 0.207 e. The molecule has 0 aliphatic carbocycles. The van der Waals surface area contributed by atoms with Gasteiger partial charge in [-0.05, 0) is 29.5 Å². The van der Waals surface area contributed by atoms with Crippen LogP contribution >= 0.6 is 0 Å². The molecule has 1 aromatic rings. The van der Waals surface area contributed by atoms with Crippen LogP contribution < -0.4 is 0 Å². The summed E-state index contributed by atoms with van der Waals surface area (Å²) in [5.41, 5.74) is 1.16. The van der Waals surface area contributed by atoms with Gasteiger partial charge in [0, 0.05) is 5.92 Å². The highest BCUT2D eigenvalue weighted by atomic mass is 19.1. The average molecular weight is 193 g/mol. The smallest absolute Gasteiger partial charge is 0.123 e. The fourth-order valence-electron chi connectivity index (χ4n) is 1.98. The van der Waals surface area contributed by atoms with Crippen LogP contribution in [-0.4, -0.2) is 0 Å². The van der Waals surface area contributed by atoms with Crippen molar-refractivity contribution in [1.29, 1.82) is 0 Å². The Bertz CT molecular complexity index is 264. The molecule has 0 heterocycles. The van der Waals surface area contributed by atoms with Crippen LogP contribution in [-0.2, 0) is 0 Å². The highest BCUT2D eigenvalue weighted by molar-refractivity contribution is 5.32. The molecule has 0 unspecified atom stereocenters. The Morgan fingerprint density at radius 2 is 1.36 bits per heavy atom. The van der Waals surface area contributed by atoms with E-state index in [1.165, 1.54) is 18.1 Å². The normalized spacial score (nSPS) is 11.7. The maximum Gasteiger partial charge on any atom is 0.123 e. The van der Waals surface area contributed by atoms with E-state index in [0.29, 0.717) is 11.8 Å². The SMILES string of the molecule is CC(C)[C](c1ccc(F)cc1)C(C)C. The number of rotatable bonds is 3. The minimum absolute atomic E-state index is 0.166. The van der Waals surface area contributed by atoms with Gasteiger partial charge in [0.15, 0.2) is 0 Å². The predicted molar refractivity (Wildman–Crippen MR) is 58.4 cm³/mol. The van der Waals surface area contributed by atoms with Crippen LogP contribution in [0.25, 0.3) is 0 Å². The van der Waals surface area contributed by atoms with Crippen molar-refractivity contribution in [2.75, 3.05) is 0 Å². The van der Waals surface area contributed by atoms with Crippen LogP contribution in [0.3, 0.4) is 0 Å². The van der Waals surface area contributed by atoms with Crippen molar-refractivity contribution in [3.8, 4) is 0 Å². The van der Waals surface area contributed by atoms with Gasteiger partial charge in [0.1, 0.15) is 5.82 Å². The summed E-state index contributed by atoms with van der Waals surface area (Å²) in [4.78, 5) is 0. The summed E-state index contributed by atoms with van der Waals surface area (Å²) in [6, 6.07) is 6.79. The van der Waals surface area contributed by atoms with Gasteiger partial charge in [-0.1, -0.05) is 39.8 Å². The topological polar surface area (TPSA) is 0 Å². The molecule has 0 aliphatic rings. The van der Waals surface area contributed by atoms with Crippen molar-refractivity contribution in [2.24, 2.45) is 11.8 Å². The van der Waals surface area contributed by atoms with Gasteiger partial charge in [-0.25, -0.2) is 4.39 Å². The molecular weight excluding hydrogens is 175 g/mol. The lowest BCUT2D eigenvalue weighted by molar-refractivity contribution is 0.541. The number of benzene rings is 1. The molecule has 0 atom stereocenters. The monoisotopic (exact) mass is 193 g/mol. The molecule has 77 valence electrons. The maximum atomic E-state index is 12.7. The van der Waals surface area contributed by atoms with Crippen molar-refractivity contribution < 1.29 is 4.39 Å². The van der Waals surface area contributed by atoms with Gasteiger partial charge in [0.05, 0.1) is 0 Å². The minimum Gasteiger partial charge on any atom is -0.207 e. The summed E-state index contributed by atoms with van der Waals surface area (Å²) >= 11 is 0. The Balaban J connectivity index is 2.94. The van der Waals surface area contributed by atoms with Gasteiger partial charge in [-0.2, -0.15) is 0 Å². The first kappa shape index (κ1) is 11.2. The molecule has 1 radical (unpaired) electrons. The molecule has 0 spiro atoms. The Hall–Kier alpha value is -0.850. The maximum absolute atomic E-state index is 12.7. The van der Waals surface area contributed by atoms with E-state index in [0.717, 1.165) is 5.56 Å². The fourth-order valence-corrected chi connectivity index (χ4v) is 1.98. The van der Waals surface area contributed by atoms with Crippen molar-refractivity contribution in [3.63, 3.8) is 0 Å². The van der Waals surface area contributed by atoms with E-state index in [1.54, 1.807) is 0 Å². The molecular formula is C13H18F. The number of hydrogen-bond acceptors (Lipinski definition) is 0. The van der Waals surface area contributed by atoms with Crippen molar-refractivity contribution in [2.45, 2.75) is 27.7 Å². The van der Waals surface area contributed by atoms with E-state index in [1.807, 2.05) is 12.1 Å². The van der Waals surface area contributed by atoms with E-state index in [-0.39, 0.29) is 5.82 Å². The van der Waals surface area contributed by atoms with Gasteiger partial charge in [-0.15, -0.1) is 0 Å². The van der Waals surface area contributed by atoms with E-state index in [2.05, 4.69) is 27.7 Å². The van der Waals surface area contributed by atoms with E-state index in [4.69, 9.17) is 0 Å². The van der Waals surface area contributed by atoms with Gasteiger partial charge in [0.2, 0.25) is 0 Å². The summed E-state index contributed by atoms with van der Waals surface area (Å²) in [6.07, 6.45) is 0. The third kappa shape index (κ3) is 2.57. The van der Waals surface area contributed by atoms with E-state index in [9.17, 15) is 4.39 Å². The van der Waals surface area contributed by atoms with Crippen LogP contribution in [0.1, 0.15) is 33.3 Å². The summed E-state index contributed by atoms with van der Waals surface area (Å²) in [6.45, 7) is 8.72. The molecule has 1 aromatic carbocycles. The highest BCUT2D eigenvalue weighted by Crippen LogP contribution is 2.30. The number of halogens is 1. The Morgan fingerprint density at radius 3 is 1.71 bits per heavy atom. The summed E-state index contributed by atoms with van der Waals surface area (Å²) in [7, 11) is 0. The first-order valence-corrected chi connectivity index (χ1v) is 5.15. The van der Waals surface area contributed by atoms with Gasteiger partial charge < -0.3 is 0 Å². The van der Waals surface area contributed by atoms with Crippen LogP contribution in [0.4, 0.5) is 4.39 Å². The molecule has 0 saturated carbocycles. The van der Waals surface area contributed by atoms with Crippen LogP contribution in [0, 0.1) is 23.6 Å². The lowest BCUT2D eigenvalue weighted by atomic mass is 9.80. The Labute approximate surface area is 86.2 Å². The summed E-state index contributed by atoms with van der Waals surface area (Å²) in [5.74, 6) is 2.26. The second-order valence-corrected chi connectivity index (χ2v) is 4.27. The second-order valence-electron chi connectivity index (χ2n) is 4.27. The molecule has 1 heteroatoms. The van der Waals surface area contributed by atoms with Gasteiger partial charge in [-0.3, -0.25) is 0 Å². The average Bonchev–Trinajstić information content (AvgIpc) is 2.07. The van der Waals surface area contributed by atoms with E-state index < -0.39 is 0 Å². The molecule has 0 bridgehead atoms. The molecule has 0 saturated heterocycles. The van der Waals surface area contributed by atoms with Gasteiger partial charge in [0.25, 0.3) is 0 Å². The predicted octanol–water partition coefficient (Wildman–Crippen LogP) is 4.06. The zero-order valence-electron chi connectivity index (χ0n) is 9.34. The fraction of sp³-hybridized carbons (Fsp3) is 0.462. The minimum atomic E-state index is -0.166. The molecule has 14 heavy (non-hydrogen) atoms. The molecule has 0 fully saturated rings. The van der Waals surface area contributed by atoms with Crippen LogP contribution in [0.15, 0.2) is 24.3 Å². The standard InChI is InChI=1S/C13H18F/c1-9(2)13(10(3)4)11-5-7-12(14)8-6-11/h5-10H,1-4H3.